The molecule has 0 spiro atoms. The van der Waals surface area contributed by atoms with Gasteiger partial charge >= 0.3 is 0 Å². The smallest absolute Gasteiger partial charge is 0.255 e. The number of benzene rings is 2. The van der Waals surface area contributed by atoms with Gasteiger partial charge in [0.25, 0.3) is 5.91 Å². The van der Waals surface area contributed by atoms with Crippen LogP contribution >= 0.6 is 11.6 Å². The van der Waals surface area contributed by atoms with Gasteiger partial charge in [-0.15, -0.1) is 11.6 Å². The number of hydrogen-bond donors (Lipinski definition) is 2. The normalized spacial score (nSPS) is 10.0. The van der Waals surface area contributed by atoms with E-state index in [2.05, 4.69) is 10.6 Å². The first-order valence-corrected chi connectivity index (χ1v) is 7.55. The Morgan fingerprint density at radius 3 is 2.27 bits per heavy atom. The van der Waals surface area contributed by atoms with E-state index in [9.17, 15) is 9.59 Å². The zero-order valence-electron chi connectivity index (χ0n) is 12.0. The van der Waals surface area contributed by atoms with Gasteiger partial charge in [-0.1, -0.05) is 24.3 Å². The molecule has 0 aliphatic carbocycles. The van der Waals surface area contributed by atoms with E-state index in [0.29, 0.717) is 35.7 Å². The zero-order valence-corrected chi connectivity index (χ0v) is 12.8. The Morgan fingerprint density at radius 2 is 1.59 bits per heavy atom. The van der Waals surface area contributed by atoms with Crippen molar-refractivity contribution in [1.29, 1.82) is 0 Å². The van der Waals surface area contributed by atoms with Gasteiger partial charge in [0.2, 0.25) is 5.91 Å². The predicted octanol–water partition coefficient (Wildman–Crippen LogP) is 3.90. The van der Waals surface area contributed by atoms with Crippen LogP contribution in [0.3, 0.4) is 0 Å². The molecule has 0 saturated heterocycles. The summed E-state index contributed by atoms with van der Waals surface area (Å²) >= 11 is 5.56. The van der Waals surface area contributed by atoms with Crippen molar-refractivity contribution in [2.24, 2.45) is 0 Å². The van der Waals surface area contributed by atoms with Crippen molar-refractivity contribution in [2.45, 2.75) is 12.8 Å². The standard InChI is InChI=1S/C17H17ClN2O2/c18-11-5-10-16(21)19-14-8-4-9-15(12-14)20-17(22)13-6-2-1-3-7-13/h1-4,6-9,12H,5,10-11H2,(H,19,21)(H,20,22). The monoisotopic (exact) mass is 316 g/mol. The second kappa shape index (κ2) is 8.20. The van der Waals surface area contributed by atoms with Crippen LogP contribution in [0.5, 0.6) is 0 Å². The van der Waals surface area contributed by atoms with Crippen LogP contribution in [0, 0.1) is 0 Å². The Hall–Kier alpha value is -2.33. The van der Waals surface area contributed by atoms with E-state index in [4.69, 9.17) is 11.6 Å². The van der Waals surface area contributed by atoms with Gasteiger partial charge in [-0.2, -0.15) is 0 Å². The van der Waals surface area contributed by atoms with Gasteiger partial charge in [-0.05, 0) is 36.8 Å². The molecule has 2 amide bonds. The van der Waals surface area contributed by atoms with Crippen molar-refractivity contribution in [1.82, 2.24) is 0 Å². The Labute approximate surface area is 134 Å². The number of nitrogens with one attached hydrogen (secondary N) is 2. The second-order valence-electron chi connectivity index (χ2n) is 4.74. The number of carbonyl (C=O) groups is 2. The maximum Gasteiger partial charge on any atom is 0.255 e. The summed E-state index contributed by atoms with van der Waals surface area (Å²) in [6.07, 6.45) is 1.02. The summed E-state index contributed by atoms with van der Waals surface area (Å²) in [6.45, 7) is 0. The van der Waals surface area contributed by atoms with Gasteiger partial charge in [0.15, 0.2) is 0 Å². The van der Waals surface area contributed by atoms with Crippen LogP contribution in [0.2, 0.25) is 0 Å². The molecule has 0 aliphatic rings. The second-order valence-corrected chi connectivity index (χ2v) is 5.12. The lowest BCUT2D eigenvalue weighted by atomic mass is 10.2. The van der Waals surface area contributed by atoms with E-state index in [-0.39, 0.29) is 11.8 Å². The summed E-state index contributed by atoms with van der Waals surface area (Å²) in [4.78, 5) is 23.7. The fourth-order valence-corrected chi connectivity index (χ4v) is 2.05. The lowest BCUT2D eigenvalue weighted by Gasteiger charge is -2.09. The van der Waals surface area contributed by atoms with Crippen LogP contribution < -0.4 is 10.6 Å². The third-order valence-corrected chi connectivity index (χ3v) is 3.24. The van der Waals surface area contributed by atoms with Gasteiger partial charge in [-0.3, -0.25) is 9.59 Å². The average molecular weight is 317 g/mol. The van der Waals surface area contributed by atoms with Gasteiger partial charge in [0, 0.05) is 29.2 Å². The molecule has 0 aromatic heterocycles. The maximum absolute atomic E-state index is 12.1. The van der Waals surface area contributed by atoms with E-state index < -0.39 is 0 Å². The topological polar surface area (TPSA) is 58.2 Å². The summed E-state index contributed by atoms with van der Waals surface area (Å²) < 4.78 is 0. The van der Waals surface area contributed by atoms with Gasteiger partial charge < -0.3 is 10.6 Å². The highest BCUT2D eigenvalue weighted by Gasteiger charge is 2.06. The minimum atomic E-state index is -0.189. The highest BCUT2D eigenvalue weighted by molar-refractivity contribution is 6.18. The minimum absolute atomic E-state index is 0.0906. The summed E-state index contributed by atoms with van der Waals surface area (Å²) in [5.41, 5.74) is 1.86. The number of rotatable bonds is 6. The molecule has 0 unspecified atom stereocenters. The quantitative estimate of drug-likeness (QED) is 0.794. The Bertz CT molecular complexity index is 644. The van der Waals surface area contributed by atoms with E-state index in [0.717, 1.165) is 0 Å². The van der Waals surface area contributed by atoms with Crippen molar-refractivity contribution in [3.63, 3.8) is 0 Å². The molecular formula is C17H17ClN2O2. The van der Waals surface area contributed by atoms with Gasteiger partial charge in [-0.25, -0.2) is 0 Å². The van der Waals surface area contributed by atoms with E-state index in [1.54, 1.807) is 36.4 Å². The first-order chi connectivity index (χ1) is 10.7. The molecule has 0 fully saturated rings. The SMILES string of the molecule is O=C(CCCCl)Nc1cccc(NC(=O)c2ccccc2)c1. The highest BCUT2D eigenvalue weighted by atomic mass is 35.5. The molecule has 2 N–H and O–H groups in total. The zero-order chi connectivity index (χ0) is 15.8. The molecule has 2 aromatic carbocycles. The fraction of sp³-hybridized carbons (Fsp3) is 0.176. The minimum Gasteiger partial charge on any atom is -0.326 e. The van der Waals surface area contributed by atoms with Gasteiger partial charge in [0.1, 0.15) is 0 Å². The number of hydrogen-bond acceptors (Lipinski definition) is 2. The van der Waals surface area contributed by atoms with Crippen LogP contribution in [-0.2, 0) is 4.79 Å². The van der Waals surface area contributed by atoms with Crippen LogP contribution in [0.1, 0.15) is 23.2 Å². The molecule has 0 saturated carbocycles. The fourth-order valence-electron chi connectivity index (χ4n) is 1.92. The van der Waals surface area contributed by atoms with Crippen LogP contribution in [-0.4, -0.2) is 17.7 Å². The van der Waals surface area contributed by atoms with Gasteiger partial charge in [0.05, 0.1) is 0 Å². The summed E-state index contributed by atoms with van der Waals surface area (Å²) in [7, 11) is 0. The largest absolute Gasteiger partial charge is 0.326 e. The molecule has 22 heavy (non-hydrogen) atoms. The van der Waals surface area contributed by atoms with E-state index >= 15 is 0 Å². The number of amides is 2. The molecule has 0 aliphatic heterocycles. The van der Waals surface area contributed by atoms with Crippen molar-refractivity contribution in [2.75, 3.05) is 16.5 Å². The van der Waals surface area contributed by atoms with Crippen molar-refractivity contribution in [3.05, 3.63) is 60.2 Å². The first kappa shape index (κ1) is 16.0. The highest BCUT2D eigenvalue weighted by Crippen LogP contribution is 2.16. The molecule has 5 heteroatoms. The molecule has 0 radical (unpaired) electrons. The van der Waals surface area contributed by atoms with Crippen LogP contribution in [0.4, 0.5) is 11.4 Å². The lowest BCUT2D eigenvalue weighted by Crippen LogP contribution is -2.13. The summed E-state index contributed by atoms with van der Waals surface area (Å²) in [5, 5.41) is 5.58. The Kier molecular flexibility index (Phi) is 5.98. The molecule has 2 aromatic rings. The third kappa shape index (κ3) is 4.90. The molecule has 0 atom stereocenters. The number of halogens is 1. The first-order valence-electron chi connectivity index (χ1n) is 7.01. The molecular weight excluding hydrogens is 300 g/mol. The van der Waals surface area contributed by atoms with Crippen molar-refractivity contribution in [3.8, 4) is 0 Å². The maximum atomic E-state index is 12.1. The van der Waals surface area contributed by atoms with Crippen molar-refractivity contribution < 1.29 is 9.59 Å². The van der Waals surface area contributed by atoms with Crippen molar-refractivity contribution >= 4 is 34.8 Å². The summed E-state index contributed by atoms with van der Waals surface area (Å²) in [6, 6.07) is 16.0. The Morgan fingerprint density at radius 1 is 0.909 bits per heavy atom. The average Bonchev–Trinajstić information content (AvgIpc) is 2.54. The van der Waals surface area contributed by atoms with E-state index in [1.165, 1.54) is 0 Å². The number of carbonyl (C=O) groups excluding carboxylic acids is 2. The third-order valence-electron chi connectivity index (χ3n) is 2.98. The molecule has 0 heterocycles. The summed E-state index contributed by atoms with van der Waals surface area (Å²) in [5.74, 6) is 0.180. The van der Waals surface area contributed by atoms with Crippen LogP contribution in [0.25, 0.3) is 0 Å². The number of alkyl halides is 1. The van der Waals surface area contributed by atoms with E-state index in [1.807, 2.05) is 18.2 Å². The number of anilines is 2. The molecule has 2 rings (SSSR count). The molecule has 114 valence electrons. The predicted molar refractivity (Wildman–Crippen MR) is 89.4 cm³/mol. The molecule has 4 nitrogen and oxygen atoms in total. The lowest BCUT2D eigenvalue weighted by molar-refractivity contribution is -0.116. The Balaban J connectivity index is 1.99. The molecule has 0 bridgehead atoms. The van der Waals surface area contributed by atoms with Crippen LogP contribution in [0.15, 0.2) is 54.6 Å².